The second-order valence-electron chi connectivity index (χ2n) is 4.65. The quantitative estimate of drug-likeness (QED) is 0.595. The summed E-state index contributed by atoms with van der Waals surface area (Å²) < 4.78 is 11.2. The molecule has 0 spiro atoms. The first-order valence-corrected chi connectivity index (χ1v) is 6.35. The molecule has 2 heterocycles. The Morgan fingerprint density at radius 2 is 2.05 bits per heavy atom. The Balaban J connectivity index is 1.95. The van der Waals surface area contributed by atoms with Crippen LogP contribution in [0.5, 0.6) is 5.75 Å². The van der Waals surface area contributed by atoms with Crippen LogP contribution in [0.3, 0.4) is 0 Å². The van der Waals surface area contributed by atoms with Crippen LogP contribution in [-0.2, 0) is 0 Å². The molecule has 0 saturated carbocycles. The third kappa shape index (κ3) is 1.58. The molecule has 0 aliphatic rings. The number of aromatic amines is 1. The highest BCUT2D eigenvalue weighted by Gasteiger charge is 2.11. The van der Waals surface area contributed by atoms with Crippen LogP contribution in [0.2, 0.25) is 0 Å². The molecule has 98 valence electrons. The minimum Gasteiger partial charge on any atom is -0.497 e. The fourth-order valence-electron chi connectivity index (χ4n) is 2.46. The molecule has 0 radical (unpaired) electrons. The van der Waals surface area contributed by atoms with Crippen LogP contribution in [0.1, 0.15) is 0 Å². The van der Waals surface area contributed by atoms with Crippen molar-refractivity contribution >= 4 is 21.9 Å². The number of H-pyrrole nitrogens is 1. The van der Waals surface area contributed by atoms with Gasteiger partial charge in [0.25, 0.3) is 0 Å². The van der Waals surface area contributed by atoms with Crippen LogP contribution < -0.4 is 4.74 Å². The smallest absolute Gasteiger partial charge is 0.137 e. The van der Waals surface area contributed by atoms with Crippen LogP contribution in [-0.4, -0.2) is 17.3 Å². The standard InChI is InChI=1S/C16H12N2O2/c1-19-12-5-6-14-11(7-12)8-15(20-14)13-4-2-3-10-9-17-18-16(10)13/h2-9H,1H3,(H,17,18). The van der Waals surface area contributed by atoms with E-state index in [-0.39, 0.29) is 0 Å². The molecular formula is C16H12N2O2. The molecule has 2 aromatic heterocycles. The van der Waals surface area contributed by atoms with Crippen LogP contribution >= 0.6 is 0 Å². The number of methoxy groups -OCH3 is 1. The van der Waals surface area contributed by atoms with E-state index < -0.39 is 0 Å². The summed E-state index contributed by atoms with van der Waals surface area (Å²) in [4.78, 5) is 0. The van der Waals surface area contributed by atoms with Gasteiger partial charge in [0.1, 0.15) is 17.1 Å². The van der Waals surface area contributed by atoms with E-state index in [1.54, 1.807) is 7.11 Å². The van der Waals surface area contributed by atoms with Crippen LogP contribution in [0.15, 0.2) is 53.1 Å². The highest BCUT2D eigenvalue weighted by molar-refractivity contribution is 5.94. The Morgan fingerprint density at radius 1 is 1.10 bits per heavy atom. The molecule has 4 heteroatoms. The molecule has 2 aromatic carbocycles. The monoisotopic (exact) mass is 264 g/mol. The topological polar surface area (TPSA) is 51.1 Å². The zero-order chi connectivity index (χ0) is 13.5. The first kappa shape index (κ1) is 11.1. The summed E-state index contributed by atoms with van der Waals surface area (Å²) in [6.45, 7) is 0. The third-order valence-electron chi connectivity index (χ3n) is 3.47. The molecule has 0 aliphatic carbocycles. The Bertz CT molecular complexity index is 905. The van der Waals surface area contributed by atoms with Gasteiger partial charge in [-0.1, -0.05) is 12.1 Å². The Morgan fingerprint density at radius 3 is 2.95 bits per heavy atom. The average Bonchev–Trinajstić information content (AvgIpc) is 3.12. The van der Waals surface area contributed by atoms with Gasteiger partial charge in [0, 0.05) is 16.3 Å². The summed E-state index contributed by atoms with van der Waals surface area (Å²) in [6, 6.07) is 13.9. The summed E-state index contributed by atoms with van der Waals surface area (Å²) >= 11 is 0. The second-order valence-corrected chi connectivity index (χ2v) is 4.65. The van der Waals surface area contributed by atoms with Crippen molar-refractivity contribution < 1.29 is 9.15 Å². The molecule has 1 N–H and O–H groups in total. The van der Waals surface area contributed by atoms with Gasteiger partial charge >= 0.3 is 0 Å². The molecule has 4 rings (SSSR count). The number of para-hydroxylation sites is 1. The van der Waals surface area contributed by atoms with E-state index in [2.05, 4.69) is 10.2 Å². The number of nitrogens with zero attached hydrogens (tertiary/aromatic N) is 1. The lowest BCUT2D eigenvalue weighted by atomic mass is 10.1. The first-order chi connectivity index (χ1) is 9.85. The van der Waals surface area contributed by atoms with Crippen molar-refractivity contribution in [2.24, 2.45) is 0 Å². The van der Waals surface area contributed by atoms with Gasteiger partial charge in [-0.05, 0) is 30.3 Å². The molecule has 0 amide bonds. The highest BCUT2D eigenvalue weighted by atomic mass is 16.5. The van der Waals surface area contributed by atoms with Gasteiger partial charge in [0.05, 0.1) is 18.8 Å². The predicted molar refractivity (Wildman–Crippen MR) is 77.9 cm³/mol. The Hall–Kier alpha value is -2.75. The number of hydrogen-bond donors (Lipinski definition) is 1. The molecule has 0 saturated heterocycles. The number of hydrogen-bond acceptors (Lipinski definition) is 3. The maximum atomic E-state index is 5.93. The first-order valence-electron chi connectivity index (χ1n) is 6.35. The molecular weight excluding hydrogens is 252 g/mol. The Labute approximate surface area is 115 Å². The van der Waals surface area contributed by atoms with Crippen molar-refractivity contribution in [2.45, 2.75) is 0 Å². The largest absolute Gasteiger partial charge is 0.497 e. The summed E-state index contributed by atoms with van der Waals surface area (Å²) in [5, 5.41) is 9.19. The maximum absolute atomic E-state index is 5.93. The van der Waals surface area contributed by atoms with Gasteiger partial charge in [0.2, 0.25) is 0 Å². The highest BCUT2D eigenvalue weighted by Crippen LogP contribution is 2.33. The van der Waals surface area contributed by atoms with E-state index in [1.165, 1.54) is 0 Å². The fourth-order valence-corrected chi connectivity index (χ4v) is 2.46. The van der Waals surface area contributed by atoms with E-state index in [0.717, 1.165) is 38.9 Å². The van der Waals surface area contributed by atoms with E-state index in [1.807, 2.05) is 48.7 Å². The van der Waals surface area contributed by atoms with Crippen LogP contribution in [0.4, 0.5) is 0 Å². The molecule has 0 aliphatic heterocycles. The third-order valence-corrected chi connectivity index (χ3v) is 3.47. The van der Waals surface area contributed by atoms with Crippen molar-refractivity contribution in [3.05, 3.63) is 48.7 Å². The van der Waals surface area contributed by atoms with Crippen molar-refractivity contribution in [2.75, 3.05) is 7.11 Å². The van der Waals surface area contributed by atoms with Gasteiger partial charge in [-0.15, -0.1) is 0 Å². The normalized spacial score (nSPS) is 11.2. The molecule has 20 heavy (non-hydrogen) atoms. The number of aromatic nitrogens is 2. The van der Waals surface area contributed by atoms with E-state index in [0.29, 0.717) is 0 Å². The fraction of sp³-hybridized carbons (Fsp3) is 0.0625. The SMILES string of the molecule is COc1ccc2oc(-c3cccc4cn[nH]c34)cc2c1. The maximum Gasteiger partial charge on any atom is 0.137 e. The number of furan rings is 1. The summed E-state index contributed by atoms with van der Waals surface area (Å²) in [7, 11) is 1.66. The van der Waals surface area contributed by atoms with E-state index >= 15 is 0 Å². The second kappa shape index (κ2) is 4.13. The van der Waals surface area contributed by atoms with E-state index in [4.69, 9.17) is 9.15 Å². The predicted octanol–water partition coefficient (Wildman–Crippen LogP) is 3.98. The zero-order valence-electron chi connectivity index (χ0n) is 10.9. The summed E-state index contributed by atoms with van der Waals surface area (Å²) in [5.74, 6) is 1.65. The van der Waals surface area contributed by atoms with Gasteiger partial charge in [-0.2, -0.15) is 5.10 Å². The molecule has 4 aromatic rings. The van der Waals surface area contributed by atoms with E-state index in [9.17, 15) is 0 Å². The Kier molecular flexibility index (Phi) is 2.29. The molecule has 0 unspecified atom stereocenters. The minimum absolute atomic E-state index is 0.822. The lowest BCUT2D eigenvalue weighted by Gasteiger charge is -1.97. The summed E-state index contributed by atoms with van der Waals surface area (Å²) in [5.41, 5.74) is 2.84. The van der Waals surface area contributed by atoms with Gasteiger partial charge in [-0.25, -0.2) is 0 Å². The molecule has 4 nitrogen and oxygen atoms in total. The molecule has 0 bridgehead atoms. The van der Waals surface area contributed by atoms with Crippen molar-refractivity contribution in [1.29, 1.82) is 0 Å². The number of fused-ring (bicyclic) bond motifs is 2. The van der Waals surface area contributed by atoms with Crippen molar-refractivity contribution in [1.82, 2.24) is 10.2 Å². The molecule has 0 fully saturated rings. The summed E-state index contributed by atoms with van der Waals surface area (Å²) in [6.07, 6.45) is 1.81. The lowest BCUT2D eigenvalue weighted by Crippen LogP contribution is -1.79. The van der Waals surface area contributed by atoms with Gasteiger partial charge in [0.15, 0.2) is 0 Å². The van der Waals surface area contributed by atoms with Crippen molar-refractivity contribution in [3.8, 4) is 17.1 Å². The number of benzene rings is 2. The van der Waals surface area contributed by atoms with Crippen molar-refractivity contribution in [3.63, 3.8) is 0 Å². The average molecular weight is 264 g/mol. The number of rotatable bonds is 2. The number of ether oxygens (including phenoxy) is 1. The van der Waals surface area contributed by atoms with Gasteiger partial charge in [-0.3, -0.25) is 5.10 Å². The van der Waals surface area contributed by atoms with Crippen LogP contribution in [0.25, 0.3) is 33.2 Å². The zero-order valence-corrected chi connectivity index (χ0v) is 10.9. The molecule has 0 atom stereocenters. The lowest BCUT2D eigenvalue weighted by molar-refractivity contribution is 0.415. The minimum atomic E-state index is 0.822. The van der Waals surface area contributed by atoms with Crippen LogP contribution in [0, 0.1) is 0 Å². The van der Waals surface area contributed by atoms with Gasteiger partial charge < -0.3 is 9.15 Å². The number of nitrogens with one attached hydrogen (secondary N) is 1.